The van der Waals surface area contributed by atoms with Crippen molar-refractivity contribution >= 4 is 32.1 Å². The van der Waals surface area contributed by atoms with Crippen LogP contribution in [0.4, 0.5) is 5.00 Å². The molecule has 7 heteroatoms. The topological polar surface area (TPSA) is 86.5 Å². The molecule has 26 heavy (non-hydrogen) atoms. The summed E-state index contributed by atoms with van der Waals surface area (Å²) >= 11 is 0.896. The van der Waals surface area contributed by atoms with Crippen molar-refractivity contribution in [2.45, 2.75) is 16.7 Å². The molecule has 0 bridgehead atoms. The number of hydrogen-bond donors (Lipinski definition) is 1. The van der Waals surface area contributed by atoms with Gasteiger partial charge in [-0.1, -0.05) is 36.4 Å². The summed E-state index contributed by atoms with van der Waals surface area (Å²) in [5.74, 6) is -0.614. The third kappa shape index (κ3) is 3.23. The number of hydrogen-bond acceptors (Lipinski definition) is 6. The lowest BCUT2D eigenvalue weighted by atomic mass is 10.0. The first kappa shape index (κ1) is 18.2. The zero-order valence-electron chi connectivity index (χ0n) is 14.2. The molecule has 3 aromatic rings. The standard InChI is InChI=1S/C19H17NO4S2/c1-12-6-3-4-9-15(12)13-7-5-8-14(10-13)26(22,23)17-11-16(19(21)24-2)25-18(17)20/h3-11H,20H2,1-2H3. The molecule has 0 aliphatic heterocycles. The number of thiophene rings is 1. The van der Waals surface area contributed by atoms with Crippen LogP contribution >= 0.6 is 11.3 Å². The number of rotatable bonds is 4. The monoisotopic (exact) mass is 387 g/mol. The predicted molar refractivity (Wildman–Crippen MR) is 102 cm³/mol. The Morgan fingerprint density at radius 2 is 1.81 bits per heavy atom. The van der Waals surface area contributed by atoms with Crippen molar-refractivity contribution in [3.05, 3.63) is 65.0 Å². The van der Waals surface area contributed by atoms with Crippen LogP contribution in [0.2, 0.25) is 0 Å². The smallest absolute Gasteiger partial charge is 0.348 e. The summed E-state index contributed by atoms with van der Waals surface area (Å²) in [6.07, 6.45) is 0. The number of nitrogens with two attached hydrogens (primary N) is 1. The zero-order chi connectivity index (χ0) is 18.9. The van der Waals surface area contributed by atoms with E-state index in [4.69, 9.17) is 5.73 Å². The number of carbonyl (C=O) groups is 1. The van der Waals surface area contributed by atoms with Gasteiger partial charge >= 0.3 is 5.97 Å². The fourth-order valence-electron chi connectivity index (χ4n) is 2.65. The highest BCUT2D eigenvalue weighted by atomic mass is 32.2. The summed E-state index contributed by atoms with van der Waals surface area (Å²) in [5, 5.41) is 0.0618. The number of nitrogen functional groups attached to an aromatic ring is 1. The lowest BCUT2D eigenvalue weighted by Gasteiger charge is -2.09. The Bertz CT molecular complexity index is 1080. The number of anilines is 1. The summed E-state index contributed by atoms with van der Waals surface area (Å²) in [4.78, 5) is 11.9. The van der Waals surface area contributed by atoms with E-state index in [-0.39, 0.29) is 19.7 Å². The number of benzene rings is 2. The molecule has 0 unspecified atom stereocenters. The fourth-order valence-corrected chi connectivity index (χ4v) is 5.25. The van der Waals surface area contributed by atoms with Gasteiger partial charge in [0.2, 0.25) is 9.84 Å². The van der Waals surface area contributed by atoms with Crippen LogP contribution < -0.4 is 5.73 Å². The SMILES string of the molecule is COC(=O)c1cc(S(=O)(=O)c2cccc(-c3ccccc3C)c2)c(N)s1. The number of methoxy groups -OCH3 is 1. The summed E-state index contributed by atoms with van der Waals surface area (Å²) in [7, 11) is -2.62. The molecule has 0 aliphatic carbocycles. The second kappa shape index (κ2) is 6.93. The molecule has 0 amide bonds. The lowest BCUT2D eigenvalue weighted by molar-refractivity contribution is 0.0606. The molecule has 0 saturated heterocycles. The summed E-state index contributed by atoms with van der Waals surface area (Å²) in [5.41, 5.74) is 8.66. The lowest BCUT2D eigenvalue weighted by Crippen LogP contribution is -2.04. The van der Waals surface area contributed by atoms with Crippen LogP contribution in [-0.4, -0.2) is 21.5 Å². The van der Waals surface area contributed by atoms with E-state index >= 15 is 0 Å². The van der Waals surface area contributed by atoms with Crippen LogP contribution in [0.15, 0.2) is 64.4 Å². The Morgan fingerprint density at radius 1 is 1.08 bits per heavy atom. The average Bonchev–Trinajstić information content (AvgIpc) is 3.04. The molecule has 0 spiro atoms. The maximum absolute atomic E-state index is 13.0. The third-order valence-electron chi connectivity index (χ3n) is 4.00. The van der Waals surface area contributed by atoms with Gasteiger partial charge in [-0.25, -0.2) is 13.2 Å². The molecule has 2 aromatic carbocycles. The molecule has 1 aromatic heterocycles. The van der Waals surface area contributed by atoms with Gasteiger partial charge in [0.25, 0.3) is 0 Å². The highest BCUT2D eigenvalue weighted by Crippen LogP contribution is 2.35. The minimum Gasteiger partial charge on any atom is -0.465 e. The molecular weight excluding hydrogens is 370 g/mol. The molecular formula is C19H17NO4S2. The second-order valence-corrected chi connectivity index (χ2v) is 8.68. The van der Waals surface area contributed by atoms with Crippen molar-refractivity contribution in [1.82, 2.24) is 0 Å². The minimum absolute atomic E-state index is 0.0618. The average molecular weight is 387 g/mol. The Morgan fingerprint density at radius 3 is 2.50 bits per heavy atom. The molecule has 0 atom stereocenters. The minimum atomic E-state index is -3.86. The van der Waals surface area contributed by atoms with Crippen LogP contribution in [0.5, 0.6) is 0 Å². The van der Waals surface area contributed by atoms with E-state index in [1.807, 2.05) is 37.3 Å². The predicted octanol–water partition coefficient (Wildman–Crippen LogP) is 3.93. The van der Waals surface area contributed by atoms with E-state index < -0.39 is 15.8 Å². The van der Waals surface area contributed by atoms with Crippen molar-refractivity contribution in [1.29, 1.82) is 0 Å². The summed E-state index contributed by atoms with van der Waals surface area (Å²) < 4.78 is 30.7. The molecule has 3 rings (SSSR count). The van der Waals surface area contributed by atoms with Gasteiger partial charge in [0.05, 0.1) is 12.0 Å². The van der Waals surface area contributed by atoms with Gasteiger partial charge in [-0.2, -0.15) is 0 Å². The number of esters is 1. The molecule has 0 aliphatic rings. The maximum atomic E-state index is 13.0. The molecule has 5 nitrogen and oxygen atoms in total. The normalized spacial score (nSPS) is 11.3. The summed E-state index contributed by atoms with van der Waals surface area (Å²) in [6, 6.07) is 15.7. The molecule has 0 radical (unpaired) electrons. The van der Waals surface area contributed by atoms with Crippen molar-refractivity contribution in [3.63, 3.8) is 0 Å². The second-order valence-electron chi connectivity index (χ2n) is 5.68. The van der Waals surface area contributed by atoms with Crippen LogP contribution in [-0.2, 0) is 14.6 Å². The van der Waals surface area contributed by atoms with Crippen molar-refractivity contribution in [3.8, 4) is 11.1 Å². The number of ether oxygens (including phenoxy) is 1. The first-order chi connectivity index (χ1) is 12.3. The van der Waals surface area contributed by atoms with Gasteiger partial charge in [0, 0.05) is 0 Å². The number of aryl methyl sites for hydroxylation is 1. The van der Waals surface area contributed by atoms with Gasteiger partial charge in [0.15, 0.2) is 0 Å². The highest BCUT2D eigenvalue weighted by molar-refractivity contribution is 7.91. The molecule has 1 heterocycles. The van der Waals surface area contributed by atoms with Gasteiger partial charge < -0.3 is 10.5 Å². The van der Waals surface area contributed by atoms with Gasteiger partial charge in [-0.15, -0.1) is 11.3 Å². The Kier molecular flexibility index (Phi) is 4.84. The quantitative estimate of drug-likeness (QED) is 0.686. The molecule has 2 N–H and O–H groups in total. The van der Waals surface area contributed by atoms with E-state index in [1.54, 1.807) is 12.1 Å². The molecule has 0 saturated carbocycles. The van der Waals surface area contributed by atoms with E-state index in [2.05, 4.69) is 4.74 Å². The van der Waals surface area contributed by atoms with E-state index in [0.717, 1.165) is 28.0 Å². The van der Waals surface area contributed by atoms with E-state index in [0.29, 0.717) is 0 Å². The van der Waals surface area contributed by atoms with Gasteiger partial charge in [-0.05, 0) is 41.8 Å². The Labute approximate surface area is 156 Å². The highest BCUT2D eigenvalue weighted by Gasteiger charge is 2.25. The third-order valence-corrected chi connectivity index (χ3v) is 6.87. The molecule has 134 valence electrons. The van der Waals surface area contributed by atoms with Crippen molar-refractivity contribution in [2.24, 2.45) is 0 Å². The first-order valence-electron chi connectivity index (χ1n) is 7.73. The Balaban J connectivity index is 2.09. The van der Waals surface area contributed by atoms with Crippen LogP contribution in [0.25, 0.3) is 11.1 Å². The zero-order valence-corrected chi connectivity index (χ0v) is 15.9. The first-order valence-corrected chi connectivity index (χ1v) is 10.0. The van der Waals surface area contributed by atoms with Crippen LogP contribution in [0, 0.1) is 6.92 Å². The van der Waals surface area contributed by atoms with Crippen molar-refractivity contribution in [2.75, 3.05) is 12.8 Å². The van der Waals surface area contributed by atoms with E-state index in [1.165, 1.54) is 19.2 Å². The van der Waals surface area contributed by atoms with Crippen LogP contribution in [0.3, 0.4) is 0 Å². The largest absolute Gasteiger partial charge is 0.465 e. The number of sulfone groups is 1. The van der Waals surface area contributed by atoms with Crippen molar-refractivity contribution < 1.29 is 17.9 Å². The maximum Gasteiger partial charge on any atom is 0.348 e. The molecule has 0 fully saturated rings. The van der Waals surface area contributed by atoms with Gasteiger partial charge in [0.1, 0.15) is 14.8 Å². The van der Waals surface area contributed by atoms with Crippen LogP contribution in [0.1, 0.15) is 15.2 Å². The fraction of sp³-hybridized carbons (Fsp3) is 0.105. The van der Waals surface area contributed by atoms with E-state index in [9.17, 15) is 13.2 Å². The number of carbonyl (C=O) groups excluding carboxylic acids is 1. The Hall–Kier alpha value is -2.64. The summed E-state index contributed by atoms with van der Waals surface area (Å²) in [6.45, 7) is 1.97. The van der Waals surface area contributed by atoms with Gasteiger partial charge in [-0.3, -0.25) is 0 Å².